The Kier molecular flexibility index (Phi) is 2.31. The fourth-order valence-electron chi connectivity index (χ4n) is 1.66. The zero-order chi connectivity index (χ0) is 9.26. The van der Waals surface area contributed by atoms with Crippen LogP contribution < -0.4 is 5.32 Å². The molecule has 0 saturated heterocycles. The molecule has 13 heavy (non-hydrogen) atoms. The zero-order valence-electron chi connectivity index (χ0n) is 7.27. The summed E-state index contributed by atoms with van der Waals surface area (Å²) in [5.41, 5.74) is 1.89. The molecule has 0 spiro atoms. The van der Waals surface area contributed by atoms with Crippen molar-refractivity contribution in [3.63, 3.8) is 0 Å². The lowest BCUT2D eigenvalue weighted by Crippen LogP contribution is -2.27. The Labute approximate surface area is 77.0 Å². The van der Waals surface area contributed by atoms with Crippen LogP contribution in [-0.2, 0) is 6.54 Å². The quantitative estimate of drug-likeness (QED) is 0.532. The monoisotopic (exact) mass is 179 g/mol. The molecule has 0 aromatic heterocycles. The second-order valence-corrected chi connectivity index (χ2v) is 3.34. The standard InChI is InChI=1S/C10H13NO2/c12-9-6-11-5-7-3-1-2-4-8(7)10(9)13/h1-4,9-13H,5-6H2/t9-,10+/m1/s1. The van der Waals surface area contributed by atoms with Crippen LogP contribution in [0.1, 0.15) is 17.2 Å². The van der Waals surface area contributed by atoms with E-state index in [4.69, 9.17) is 0 Å². The molecule has 2 rings (SSSR count). The lowest BCUT2D eigenvalue weighted by atomic mass is 10.0. The van der Waals surface area contributed by atoms with E-state index in [1.807, 2.05) is 24.3 Å². The van der Waals surface area contributed by atoms with E-state index in [-0.39, 0.29) is 0 Å². The average molecular weight is 179 g/mol. The second kappa shape index (κ2) is 3.46. The topological polar surface area (TPSA) is 52.5 Å². The number of hydrogen-bond donors (Lipinski definition) is 3. The number of hydrogen-bond acceptors (Lipinski definition) is 3. The molecule has 3 heteroatoms. The molecule has 3 N–H and O–H groups in total. The summed E-state index contributed by atoms with van der Waals surface area (Å²) in [6.45, 7) is 1.15. The third-order valence-corrected chi connectivity index (χ3v) is 2.41. The van der Waals surface area contributed by atoms with Crippen LogP contribution in [0, 0.1) is 0 Å². The van der Waals surface area contributed by atoms with Gasteiger partial charge in [0.1, 0.15) is 6.10 Å². The molecule has 1 aromatic carbocycles. The van der Waals surface area contributed by atoms with Gasteiger partial charge in [-0.2, -0.15) is 0 Å². The second-order valence-electron chi connectivity index (χ2n) is 3.34. The lowest BCUT2D eigenvalue weighted by Gasteiger charge is -2.15. The normalized spacial score (nSPS) is 27.8. The Morgan fingerprint density at radius 1 is 1.23 bits per heavy atom. The van der Waals surface area contributed by atoms with E-state index < -0.39 is 12.2 Å². The third-order valence-electron chi connectivity index (χ3n) is 2.41. The maximum absolute atomic E-state index is 9.72. The Morgan fingerprint density at radius 2 is 2.00 bits per heavy atom. The Bertz CT molecular complexity index is 301. The van der Waals surface area contributed by atoms with Gasteiger partial charge in [0.15, 0.2) is 0 Å². The van der Waals surface area contributed by atoms with Crippen LogP contribution in [0.2, 0.25) is 0 Å². The summed E-state index contributed by atoms with van der Waals surface area (Å²) in [5, 5.41) is 22.3. The smallest absolute Gasteiger partial charge is 0.106 e. The molecule has 3 nitrogen and oxygen atoms in total. The van der Waals surface area contributed by atoms with Crippen LogP contribution in [-0.4, -0.2) is 22.9 Å². The predicted octanol–water partition coefficient (Wildman–Crippen LogP) is 0.184. The highest BCUT2D eigenvalue weighted by atomic mass is 16.3. The van der Waals surface area contributed by atoms with Gasteiger partial charge < -0.3 is 15.5 Å². The third kappa shape index (κ3) is 1.58. The molecule has 1 aliphatic heterocycles. The summed E-state index contributed by atoms with van der Waals surface area (Å²) in [6.07, 6.45) is -1.46. The number of rotatable bonds is 0. The van der Waals surface area contributed by atoms with E-state index in [1.54, 1.807) is 0 Å². The van der Waals surface area contributed by atoms with E-state index >= 15 is 0 Å². The first-order valence-electron chi connectivity index (χ1n) is 4.43. The maximum Gasteiger partial charge on any atom is 0.106 e. The van der Waals surface area contributed by atoms with Crippen molar-refractivity contribution < 1.29 is 10.2 Å². The molecule has 0 aliphatic carbocycles. The molecule has 2 atom stereocenters. The van der Waals surface area contributed by atoms with E-state index in [0.29, 0.717) is 13.1 Å². The van der Waals surface area contributed by atoms with Crippen LogP contribution >= 0.6 is 0 Å². The molecular weight excluding hydrogens is 166 g/mol. The summed E-state index contributed by atoms with van der Waals surface area (Å²) in [4.78, 5) is 0. The van der Waals surface area contributed by atoms with Crippen molar-refractivity contribution in [2.24, 2.45) is 0 Å². The van der Waals surface area contributed by atoms with E-state index in [2.05, 4.69) is 5.32 Å². The van der Waals surface area contributed by atoms with Crippen molar-refractivity contribution >= 4 is 0 Å². The zero-order valence-corrected chi connectivity index (χ0v) is 7.27. The summed E-state index contributed by atoms with van der Waals surface area (Å²) in [5.74, 6) is 0. The average Bonchev–Trinajstić information content (AvgIpc) is 2.29. The highest BCUT2D eigenvalue weighted by molar-refractivity contribution is 5.30. The number of fused-ring (bicyclic) bond motifs is 1. The van der Waals surface area contributed by atoms with Crippen LogP contribution in [0.25, 0.3) is 0 Å². The summed E-state index contributed by atoms with van der Waals surface area (Å²) < 4.78 is 0. The van der Waals surface area contributed by atoms with Crippen LogP contribution in [0.4, 0.5) is 0 Å². The highest BCUT2D eigenvalue weighted by Gasteiger charge is 2.23. The molecule has 0 bridgehead atoms. The number of β-amino-alcohol motifs (C(OH)–C–C–N with tert-alkyl or cyclic N) is 1. The van der Waals surface area contributed by atoms with Gasteiger partial charge in [-0.1, -0.05) is 24.3 Å². The molecule has 1 aromatic rings. The minimum Gasteiger partial charge on any atom is -0.389 e. The Morgan fingerprint density at radius 3 is 2.85 bits per heavy atom. The van der Waals surface area contributed by atoms with Crippen molar-refractivity contribution in [3.8, 4) is 0 Å². The van der Waals surface area contributed by atoms with E-state index in [1.165, 1.54) is 0 Å². The van der Waals surface area contributed by atoms with Crippen molar-refractivity contribution in [3.05, 3.63) is 35.4 Å². The van der Waals surface area contributed by atoms with E-state index in [9.17, 15) is 10.2 Å². The molecule has 0 fully saturated rings. The number of nitrogens with one attached hydrogen (secondary N) is 1. The van der Waals surface area contributed by atoms with Crippen LogP contribution in [0.5, 0.6) is 0 Å². The summed E-state index contributed by atoms with van der Waals surface area (Å²) >= 11 is 0. The molecule has 0 radical (unpaired) electrons. The first-order valence-corrected chi connectivity index (χ1v) is 4.43. The Balaban J connectivity index is 2.40. The molecule has 1 heterocycles. The molecule has 1 aliphatic rings. The Hall–Kier alpha value is -0.900. The predicted molar refractivity (Wildman–Crippen MR) is 49.1 cm³/mol. The maximum atomic E-state index is 9.72. The van der Waals surface area contributed by atoms with Gasteiger partial charge in [0.2, 0.25) is 0 Å². The van der Waals surface area contributed by atoms with Gasteiger partial charge in [-0.15, -0.1) is 0 Å². The van der Waals surface area contributed by atoms with Gasteiger partial charge in [-0.25, -0.2) is 0 Å². The van der Waals surface area contributed by atoms with Gasteiger partial charge in [0.25, 0.3) is 0 Å². The van der Waals surface area contributed by atoms with Crippen LogP contribution in [0.3, 0.4) is 0 Å². The van der Waals surface area contributed by atoms with Gasteiger partial charge >= 0.3 is 0 Å². The van der Waals surface area contributed by atoms with Gasteiger partial charge in [-0.3, -0.25) is 0 Å². The first kappa shape index (κ1) is 8.69. The summed E-state index contributed by atoms with van der Waals surface area (Å²) in [7, 11) is 0. The van der Waals surface area contributed by atoms with Crippen molar-refractivity contribution in [2.75, 3.05) is 6.54 Å². The van der Waals surface area contributed by atoms with Gasteiger partial charge in [-0.05, 0) is 11.1 Å². The first-order chi connectivity index (χ1) is 6.29. The van der Waals surface area contributed by atoms with Crippen LogP contribution in [0.15, 0.2) is 24.3 Å². The van der Waals surface area contributed by atoms with E-state index in [0.717, 1.165) is 11.1 Å². The minimum atomic E-state index is -0.758. The number of aliphatic hydroxyl groups is 2. The van der Waals surface area contributed by atoms with Crippen molar-refractivity contribution in [1.29, 1.82) is 0 Å². The fraction of sp³-hybridized carbons (Fsp3) is 0.400. The SMILES string of the molecule is O[C@@H]1CNCc2ccccc2[C@@H]1O. The highest BCUT2D eigenvalue weighted by Crippen LogP contribution is 2.23. The molecular formula is C10H13NO2. The lowest BCUT2D eigenvalue weighted by molar-refractivity contribution is 0.0222. The molecule has 0 saturated carbocycles. The van der Waals surface area contributed by atoms with Crippen molar-refractivity contribution in [2.45, 2.75) is 18.8 Å². The molecule has 0 amide bonds. The van der Waals surface area contributed by atoms with Gasteiger partial charge in [0.05, 0.1) is 6.10 Å². The summed E-state index contributed by atoms with van der Waals surface area (Å²) in [6, 6.07) is 7.63. The molecule has 0 unspecified atom stereocenters. The van der Waals surface area contributed by atoms with Gasteiger partial charge in [0, 0.05) is 13.1 Å². The largest absolute Gasteiger partial charge is 0.389 e. The molecule has 70 valence electrons. The minimum absolute atomic E-state index is 0.440. The number of aliphatic hydroxyl groups excluding tert-OH is 2. The van der Waals surface area contributed by atoms with Crippen molar-refractivity contribution in [1.82, 2.24) is 5.32 Å². The number of benzene rings is 1. The fourth-order valence-corrected chi connectivity index (χ4v) is 1.66.